The van der Waals surface area contributed by atoms with E-state index < -0.39 is 5.56 Å². The summed E-state index contributed by atoms with van der Waals surface area (Å²) in [5, 5.41) is 11.6. The highest BCUT2D eigenvalue weighted by atomic mass is 35.5. The predicted octanol–water partition coefficient (Wildman–Crippen LogP) is 1.63. The van der Waals surface area contributed by atoms with Gasteiger partial charge in [-0.2, -0.15) is 0 Å². The van der Waals surface area contributed by atoms with Crippen LogP contribution in [0.4, 0.5) is 0 Å². The summed E-state index contributed by atoms with van der Waals surface area (Å²) in [6.07, 6.45) is 5.84. The van der Waals surface area contributed by atoms with Gasteiger partial charge in [0.05, 0.1) is 0 Å². The molecule has 3 unspecified atom stereocenters. The molecule has 11 heavy (non-hydrogen) atoms. The molecule has 1 saturated heterocycles. The third kappa shape index (κ3) is 1.18. The summed E-state index contributed by atoms with van der Waals surface area (Å²) in [6, 6.07) is -0.147. The molecule has 0 aromatic rings. The van der Waals surface area contributed by atoms with Gasteiger partial charge in [-0.1, -0.05) is 23.8 Å². The lowest BCUT2D eigenvalue weighted by atomic mass is 9.91. The molecule has 4 heteroatoms. The second-order valence-electron chi connectivity index (χ2n) is 2.90. The molecule has 1 heterocycles. The smallest absolute Gasteiger partial charge is 0.156 e. The third-order valence-corrected chi connectivity index (χ3v) is 2.63. The van der Waals surface area contributed by atoms with Gasteiger partial charge in [-0.05, 0) is 12.8 Å². The maximum absolute atomic E-state index is 11.0. The molecule has 2 rings (SSSR count). The van der Waals surface area contributed by atoms with Gasteiger partial charge in [0.25, 0.3) is 0 Å². The Kier molecular flexibility index (Phi) is 1.89. The third-order valence-electron chi connectivity index (χ3n) is 2.22. The van der Waals surface area contributed by atoms with E-state index in [4.69, 9.17) is 16.4 Å². The van der Waals surface area contributed by atoms with E-state index in [1.165, 1.54) is 0 Å². The standard InChI is InChI=1S/C7H9ClNO2/c8-7-5-3-1-2-4-6(5)9(10)11-7/h2,4-7H,1,3H2/q-1. The SMILES string of the molecule is [O-]N1OC(Cl)C2CCC=CC21. The number of fused-ring (bicyclic) bond motifs is 1. The van der Waals surface area contributed by atoms with Gasteiger partial charge in [0.2, 0.25) is 0 Å². The number of alkyl halides is 1. The van der Waals surface area contributed by atoms with Crippen LogP contribution >= 0.6 is 11.6 Å². The van der Waals surface area contributed by atoms with Crippen molar-refractivity contribution in [1.29, 1.82) is 0 Å². The molecule has 2 aliphatic rings. The van der Waals surface area contributed by atoms with E-state index in [0.29, 0.717) is 5.23 Å². The van der Waals surface area contributed by atoms with E-state index >= 15 is 0 Å². The zero-order valence-electron chi connectivity index (χ0n) is 5.94. The minimum Gasteiger partial charge on any atom is -0.762 e. The number of nitrogens with zero attached hydrogens (tertiary/aromatic N) is 1. The second kappa shape index (κ2) is 2.75. The van der Waals surface area contributed by atoms with Gasteiger partial charge in [-0.3, -0.25) is 10.1 Å². The molecular formula is C7H9ClNO2-. The average Bonchev–Trinajstić information content (AvgIpc) is 2.30. The van der Waals surface area contributed by atoms with Gasteiger partial charge >= 0.3 is 0 Å². The Bertz CT molecular complexity index is 185. The lowest BCUT2D eigenvalue weighted by molar-refractivity contribution is -0.0935. The highest BCUT2D eigenvalue weighted by molar-refractivity contribution is 6.20. The average molecular weight is 175 g/mol. The van der Waals surface area contributed by atoms with Crippen molar-refractivity contribution < 1.29 is 4.84 Å². The van der Waals surface area contributed by atoms with Crippen molar-refractivity contribution in [1.82, 2.24) is 5.23 Å². The molecule has 0 aromatic heterocycles. The summed E-state index contributed by atoms with van der Waals surface area (Å²) in [7, 11) is 0. The molecular weight excluding hydrogens is 166 g/mol. The Hall–Kier alpha value is -0.0900. The Morgan fingerprint density at radius 3 is 3.18 bits per heavy atom. The zero-order chi connectivity index (χ0) is 7.84. The van der Waals surface area contributed by atoms with Crippen molar-refractivity contribution in [2.45, 2.75) is 24.4 Å². The number of allylic oxidation sites excluding steroid dienone is 1. The molecule has 1 aliphatic carbocycles. The van der Waals surface area contributed by atoms with Crippen molar-refractivity contribution in [3.8, 4) is 0 Å². The molecule has 0 saturated carbocycles. The molecule has 62 valence electrons. The van der Waals surface area contributed by atoms with Crippen LogP contribution in [-0.4, -0.2) is 16.8 Å². The topological polar surface area (TPSA) is 35.5 Å². The van der Waals surface area contributed by atoms with E-state index in [9.17, 15) is 5.21 Å². The van der Waals surface area contributed by atoms with E-state index in [0.717, 1.165) is 12.8 Å². The number of hydroxylamine groups is 2. The quantitative estimate of drug-likeness (QED) is 0.414. The van der Waals surface area contributed by atoms with Crippen LogP contribution in [0.1, 0.15) is 12.8 Å². The summed E-state index contributed by atoms with van der Waals surface area (Å²) in [4.78, 5) is 4.80. The lowest BCUT2D eigenvalue weighted by Gasteiger charge is -2.28. The van der Waals surface area contributed by atoms with Crippen LogP contribution in [-0.2, 0) is 4.84 Å². The molecule has 0 bridgehead atoms. The lowest BCUT2D eigenvalue weighted by Crippen LogP contribution is -2.27. The van der Waals surface area contributed by atoms with Crippen LogP contribution in [0.15, 0.2) is 12.2 Å². The Morgan fingerprint density at radius 2 is 2.45 bits per heavy atom. The van der Waals surface area contributed by atoms with Gasteiger partial charge in [0, 0.05) is 12.0 Å². The summed E-state index contributed by atoms with van der Waals surface area (Å²) in [5.41, 5.74) is -0.428. The fourth-order valence-electron chi connectivity index (χ4n) is 1.60. The normalized spacial score (nSPS) is 44.4. The minimum atomic E-state index is -0.428. The summed E-state index contributed by atoms with van der Waals surface area (Å²) in [6.45, 7) is 0. The van der Waals surface area contributed by atoms with Gasteiger partial charge in [0.15, 0.2) is 5.56 Å². The molecule has 1 fully saturated rings. The molecule has 0 aromatic carbocycles. The van der Waals surface area contributed by atoms with Crippen LogP contribution < -0.4 is 0 Å². The van der Waals surface area contributed by atoms with E-state index in [-0.39, 0.29) is 12.0 Å². The van der Waals surface area contributed by atoms with E-state index in [1.54, 1.807) is 0 Å². The van der Waals surface area contributed by atoms with Crippen LogP contribution in [0, 0.1) is 11.1 Å². The van der Waals surface area contributed by atoms with Crippen molar-refractivity contribution in [3.63, 3.8) is 0 Å². The number of halogens is 1. The number of rotatable bonds is 0. The molecule has 1 aliphatic heterocycles. The fraction of sp³-hybridized carbons (Fsp3) is 0.714. The highest BCUT2D eigenvalue weighted by Crippen LogP contribution is 2.35. The predicted molar refractivity (Wildman–Crippen MR) is 41.6 cm³/mol. The van der Waals surface area contributed by atoms with Crippen molar-refractivity contribution in [2.75, 3.05) is 0 Å². The summed E-state index contributed by atoms with van der Waals surface area (Å²) in [5.74, 6) is 0.180. The number of hydrogen-bond acceptors (Lipinski definition) is 3. The molecule has 3 nitrogen and oxygen atoms in total. The highest BCUT2D eigenvalue weighted by Gasteiger charge is 2.37. The maximum atomic E-state index is 11.0. The molecule has 0 N–H and O–H groups in total. The van der Waals surface area contributed by atoms with Crippen LogP contribution in [0.5, 0.6) is 0 Å². The minimum absolute atomic E-state index is 0.147. The van der Waals surface area contributed by atoms with E-state index in [2.05, 4.69) is 0 Å². The van der Waals surface area contributed by atoms with Crippen molar-refractivity contribution in [2.24, 2.45) is 5.92 Å². The van der Waals surface area contributed by atoms with Gasteiger partial charge in [-0.25, -0.2) is 0 Å². The first-order valence-electron chi connectivity index (χ1n) is 3.73. The van der Waals surface area contributed by atoms with Crippen LogP contribution in [0.3, 0.4) is 0 Å². The van der Waals surface area contributed by atoms with Crippen LogP contribution in [0.25, 0.3) is 0 Å². The first-order chi connectivity index (χ1) is 5.29. The van der Waals surface area contributed by atoms with Gasteiger partial charge in [-0.15, -0.1) is 0 Å². The van der Waals surface area contributed by atoms with Crippen molar-refractivity contribution >= 4 is 11.6 Å². The summed E-state index contributed by atoms with van der Waals surface area (Å²) >= 11 is 5.78. The van der Waals surface area contributed by atoms with Gasteiger partial charge in [0.1, 0.15) is 0 Å². The van der Waals surface area contributed by atoms with Crippen molar-refractivity contribution in [3.05, 3.63) is 17.4 Å². The molecule has 0 radical (unpaired) electrons. The Morgan fingerprint density at radius 1 is 1.64 bits per heavy atom. The van der Waals surface area contributed by atoms with E-state index in [1.807, 2.05) is 12.2 Å². The monoisotopic (exact) mass is 174 g/mol. The molecule has 0 amide bonds. The van der Waals surface area contributed by atoms with Gasteiger partial charge < -0.3 is 5.21 Å². The zero-order valence-corrected chi connectivity index (χ0v) is 6.70. The molecule has 0 spiro atoms. The maximum Gasteiger partial charge on any atom is 0.156 e. The largest absolute Gasteiger partial charge is 0.762 e. The van der Waals surface area contributed by atoms with Crippen LogP contribution in [0.2, 0.25) is 0 Å². The second-order valence-corrected chi connectivity index (χ2v) is 3.33. The molecule has 3 atom stereocenters. The first kappa shape index (κ1) is 7.55. The first-order valence-corrected chi connectivity index (χ1v) is 4.16. The Labute approximate surface area is 70.1 Å². The Balaban J connectivity index is 2.17. The fourth-order valence-corrected chi connectivity index (χ4v) is 1.95. The summed E-state index contributed by atoms with van der Waals surface area (Å²) < 4.78 is 0. The number of hydrogen-bond donors (Lipinski definition) is 0.